The van der Waals surface area contributed by atoms with Gasteiger partial charge < -0.3 is 9.64 Å². The van der Waals surface area contributed by atoms with Crippen molar-refractivity contribution in [3.05, 3.63) is 83.5 Å². The summed E-state index contributed by atoms with van der Waals surface area (Å²) in [5.74, 6) is 0.826. The van der Waals surface area contributed by atoms with Crippen molar-refractivity contribution in [1.29, 1.82) is 0 Å². The first-order chi connectivity index (χ1) is 14.7. The van der Waals surface area contributed by atoms with E-state index in [2.05, 4.69) is 15.0 Å². The van der Waals surface area contributed by atoms with Crippen LogP contribution in [-0.2, 0) is 18.0 Å². The normalized spacial score (nSPS) is 16.4. The zero-order valence-electron chi connectivity index (χ0n) is 17.1. The molecule has 1 fully saturated rings. The van der Waals surface area contributed by atoms with Crippen LogP contribution in [0.2, 0.25) is 0 Å². The van der Waals surface area contributed by atoms with Crippen LogP contribution < -0.4 is 0 Å². The van der Waals surface area contributed by atoms with Gasteiger partial charge in [-0.2, -0.15) is 0 Å². The minimum atomic E-state index is -0.0604. The highest BCUT2D eigenvalue weighted by Gasteiger charge is 2.28. The molecule has 1 aromatic carbocycles. The Hall–Kier alpha value is -3.19. The number of carbonyl (C=O) groups is 1. The van der Waals surface area contributed by atoms with Crippen LogP contribution in [0.1, 0.15) is 51.9 Å². The highest BCUT2D eigenvalue weighted by molar-refractivity contribution is 5.92. The van der Waals surface area contributed by atoms with E-state index in [4.69, 9.17) is 9.72 Å². The van der Waals surface area contributed by atoms with Crippen LogP contribution in [0.5, 0.6) is 0 Å². The van der Waals surface area contributed by atoms with Crippen molar-refractivity contribution in [2.45, 2.75) is 38.9 Å². The first-order valence-electron chi connectivity index (χ1n) is 10.2. The number of benzene rings is 1. The van der Waals surface area contributed by atoms with Gasteiger partial charge in [0.2, 0.25) is 0 Å². The van der Waals surface area contributed by atoms with Crippen molar-refractivity contribution in [1.82, 2.24) is 24.8 Å². The first kappa shape index (κ1) is 20.1. The Morgan fingerprint density at radius 1 is 1.17 bits per heavy atom. The molecule has 7 nitrogen and oxygen atoms in total. The Kier molecular flexibility index (Phi) is 6.39. The van der Waals surface area contributed by atoms with Gasteiger partial charge in [0.15, 0.2) is 0 Å². The Bertz CT molecular complexity index is 981. The second kappa shape index (κ2) is 9.54. The lowest BCUT2D eigenvalue weighted by atomic mass is 9.92. The maximum atomic E-state index is 12.8. The van der Waals surface area contributed by atoms with E-state index in [9.17, 15) is 4.79 Å². The Morgan fingerprint density at radius 2 is 2.03 bits per heavy atom. The van der Waals surface area contributed by atoms with Crippen molar-refractivity contribution in [3.63, 3.8) is 0 Å². The van der Waals surface area contributed by atoms with Crippen LogP contribution >= 0.6 is 0 Å². The third kappa shape index (κ3) is 4.86. The van der Waals surface area contributed by atoms with Crippen LogP contribution in [0.15, 0.2) is 55.1 Å². The summed E-state index contributed by atoms with van der Waals surface area (Å²) in [6.07, 6.45) is 6.76. The lowest BCUT2D eigenvalue weighted by molar-refractivity contribution is 0.0697. The smallest absolute Gasteiger partial charge is 0.272 e. The first-order valence-corrected chi connectivity index (χ1v) is 10.2. The van der Waals surface area contributed by atoms with Gasteiger partial charge in [-0.05, 0) is 31.4 Å². The molecule has 1 amide bonds. The molecule has 1 aliphatic rings. The van der Waals surface area contributed by atoms with E-state index in [1.165, 1.54) is 6.33 Å². The molecule has 0 aliphatic carbocycles. The maximum absolute atomic E-state index is 12.8. The highest BCUT2D eigenvalue weighted by Crippen LogP contribution is 2.29. The molecule has 0 radical (unpaired) electrons. The molecule has 1 saturated heterocycles. The molecule has 0 spiro atoms. The van der Waals surface area contributed by atoms with E-state index < -0.39 is 0 Å². The third-order valence-corrected chi connectivity index (χ3v) is 5.28. The fourth-order valence-electron chi connectivity index (χ4n) is 3.79. The second-order valence-electron chi connectivity index (χ2n) is 7.49. The minimum absolute atomic E-state index is 0.0604. The largest absolute Gasteiger partial charge is 0.372 e. The van der Waals surface area contributed by atoms with Gasteiger partial charge in [-0.3, -0.25) is 4.79 Å². The maximum Gasteiger partial charge on any atom is 0.272 e. The van der Waals surface area contributed by atoms with Crippen molar-refractivity contribution >= 4 is 5.91 Å². The summed E-state index contributed by atoms with van der Waals surface area (Å²) in [5, 5.41) is 0. The Balaban J connectivity index is 1.47. The van der Waals surface area contributed by atoms with Gasteiger partial charge in [-0.1, -0.05) is 30.3 Å². The second-order valence-corrected chi connectivity index (χ2v) is 7.49. The van der Waals surface area contributed by atoms with Gasteiger partial charge in [-0.25, -0.2) is 19.9 Å². The van der Waals surface area contributed by atoms with Crippen molar-refractivity contribution in [3.8, 4) is 0 Å². The average molecular weight is 403 g/mol. The molecule has 3 aromatic rings. The van der Waals surface area contributed by atoms with Crippen molar-refractivity contribution in [2.24, 2.45) is 0 Å². The fourth-order valence-corrected chi connectivity index (χ4v) is 3.79. The summed E-state index contributed by atoms with van der Waals surface area (Å²) in [4.78, 5) is 31.8. The number of likely N-dealkylation sites (tertiary alicyclic amines) is 1. The predicted molar refractivity (Wildman–Crippen MR) is 112 cm³/mol. The summed E-state index contributed by atoms with van der Waals surface area (Å²) >= 11 is 0. The number of ether oxygens (including phenoxy) is 1. The van der Waals surface area contributed by atoms with Gasteiger partial charge in [0, 0.05) is 37.0 Å². The molecular weight excluding hydrogens is 378 g/mol. The molecule has 154 valence electrons. The van der Waals surface area contributed by atoms with Gasteiger partial charge in [0.25, 0.3) is 5.91 Å². The fraction of sp³-hybridized carbons (Fsp3) is 0.348. The molecule has 4 rings (SSSR count). The van der Waals surface area contributed by atoms with E-state index in [0.717, 1.165) is 42.0 Å². The van der Waals surface area contributed by atoms with Crippen LogP contribution in [0.25, 0.3) is 0 Å². The summed E-state index contributed by atoms with van der Waals surface area (Å²) in [6.45, 7) is 4.22. The van der Waals surface area contributed by atoms with Crippen LogP contribution in [0, 0.1) is 6.92 Å². The zero-order chi connectivity index (χ0) is 20.8. The number of aryl methyl sites for hydroxylation is 1. The van der Waals surface area contributed by atoms with Crippen LogP contribution in [0.3, 0.4) is 0 Å². The molecule has 3 heterocycles. The molecular formula is C23H25N5O2. The van der Waals surface area contributed by atoms with E-state index in [0.29, 0.717) is 25.5 Å². The van der Waals surface area contributed by atoms with Gasteiger partial charge in [0.1, 0.15) is 17.8 Å². The van der Waals surface area contributed by atoms with Crippen LogP contribution in [-0.4, -0.2) is 43.8 Å². The lowest BCUT2D eigenvalue weighted by Crippen LogP contribution is -2.40. The molecule has 1 atom stereocenters. The molecule has 0 N–H and O–H groups in total. The Labute approximate surface area is 176 Å². The number of hydrogen-bond donors (Lipinski definition) is 0. The number of piperidine rings is 1. The number of carbonyl (C=O) groups excluding carboxylic acids is 1. The van der Waals surface area contributed by atoms with E-state index >= 15 is 0 Å². The molecule has 7 heteroatoms. The van der Waals surface area contributed by atoms with E-state index in [1.54, 1.807) is 12.3 Å². The van der Waals surface area contributed by atoms with Gasteiger partial charge in [0.05, 0.1) is 18.9 Å². The Morgan fingerprint density at radius 3 is 2.83 bits per heavy atom. The number of nitrogens with zero attached hydrogens (tertiary/aromatic N) is 5. The molecule has 2 aromatic heterocycles. The summed E-state index contributed by atoms with van der Waals surface area (Å²) in [7, 11) is 0. The van der Waals surface area contributed by atoms with Crippen molar-refractivity contribution in [2.75, 3.05) is 13.1 Å². The number of aromatic nitrogens is 4. The zero-order valence-corrected chi connectivity index (χ0v) is 17.1. The molecule has 1 aliphatic heterocycles. The topological polar surface area (TPSA) is 81.1 Å². The molecule has 30 heavy (non-hydrogen) atoms. The quantitative estimate of drug-likeness (QED) is 0.628. The van der Waals surface area contributed by atoms with Gasteiger partial charge >= 0.3 is 0 Å². The summed E-state index contributed by atoms with van der Waals surface area (Å²) < 4.78 is 5.94. The molecule has 0 bridgehead atoms. The highest BCUT2D eigenvalue weighted by atomic mass is 16.5. The lowest BCUT2D eigenvalue weighted by Gasteiger charge is -2.33. The third-order valence-electron chi connectivity index (χ3n) is 5.28. The van der Waals surface area contributed by atoms with Crippen molar-refractivity contribution < 1.29 is 9.53 Å². The number of hydrogen-bond acceptors (Lipinski definition) is 6. The molecule has 0 saturated carbocycles. The number of rotatable bonds is 6. The average Bonchev–Trinajstić information content (AvgIpc) is 2.81. The summed E-state index contributed by atoms with van der Waals surface area (Å²) in [5.41, 5.74) is 3.52. The standard InChI is InChI=1S/C23H25N5O2/c1-17-25-12-20(15-30-14-18-6-3-2-4-7-18)22(27-17)19-8-5-11-28(13-19)23(29)21-9-10-24-16-26-21/h2-4,6-7,9-10,12,16,19H,5,8,11,13-15H2,1H3. The monoisotopic (exact) mass is 403 g/mol. The SMILES string of the molecule is Cc1ncc(COCc2ccccc2)c(C2CCCN(C(=O)c3ccncn3)C2)n1. The van der Waals surface area contributed by atoms with E-state index in [1.807, 2.05) is 48.4 Å². The minimum Gasteiger partial charge on any atom is -0.372 e. The van der Waals surface area contributed by atoms with Gasteiger partial charge in [-0.15, -0.1) is 0 Å². The van der Waals surface area contributed by atoms with Crippen LogP contribution in [0.4, 0.5) is 0 Å². The number of amides is 1. The molecule has 1 unspecified atom stereocenters. The van der Waals surface area contributed by atoms with E-state index in [-0.39, 0.29) is 11.8 Å². The predicted octanol–water partition coefficient (Wildman–Crippen LogP) is 3.31. The summed E-state index contributed by atoms with van der Waals surface area (Å²) in [6, 6.07) is 11.8.